The molecule has 0 rings (SSSR count). The van der Waals surface area contributed by atoms with Crippen LogP contribution in [0, 0.1) is 5.41 Å². The molecule has 34 heavy (non-hydrogen) atoms. The molecule has 2 amide bonds. The van der Waals surface area contributed by atoms with E-state index in [1.807, 2.05) is 41.9 Å². The van der Waals surface area contributed by atoms with E-state index in [2.05, 4.69) is 16.0 Å². The predicted octanol–water partition coefficient (Wildman–Crippen LogP) is -0.804. The highest BCUT2D eigenvalue weighted by molar-refractivity contribution is 5.84. The van der Waals surface area contributed by atoms with Crippen LogP contribution in [-0.4, -0.2) is 129 Å². The van der Waals surface area contributed by atoms with Crippen molar-refractivity contribution in [1.29, 1.82) is 0 Å². The highest BCUT2D eigenvalue weighted by Crippen LogP contribution is 2.14. The third kappa shape index (κ3) is 19.8. The van der Waals surface area contributed by atoms with E-state index in [4.69, 9.17) is 18.9 Å². The standard InChI is InChI=1S/C23H46N4O7/c1-23(2,3)20(28)18-33-15-13-32-12-9-26-21(29)17-27(5,6)10-7-25-22(30)19-34-16-14-31-11-8-24-4/h24H,7-19H2,1-6H3,(H-,25,26,29,30)/p+1. The first kappa shape index (κ1) is 32.4. The van der Waals surface area contributed by atoms with Crippen molar-refractivity contribution in [1.82, 2.24) is 16.0 Å². The van der Waals surface area contributed by atoms with Crippen LogP contribution in [0.3, 0.4) is 0 Å². The molecule has 11 nitrogen and oxygen atoms in total. The van der Waals surface area contributed by atoms with Crippen molar-refractivity contribution in [3.05, 3.63) is 0 Å². The van der Waals surface area contributed by atoms with Crippen LogP contribution in [-0.2, 0) is 33.3 Å². The summed E-state index contributed by atoms with van der Waals surface area (Å²) in [7, 11) is 5.71. The summed E-state index contributed by atoms with van der Waals surface area (Å²) in [5, 5.41) is 8.60. The Balaban J connectivity index is 3.72. The van der Waals surface area contributed by atoms with Gasteiger partial charge in [0, 0.05) is 18.5 Å². The van der Waals surface area contributed by atoms with Gasteiger partial charge in [-0.3, -0.25) is 14.4 Å². The number of nitrogens with one attached hydrogen (secondary N) is 3. The molecule has 0 aliphatic rings. The summed E-state index contributed by atoms with van der Waals surface area (Å²) in [5.74, 6) is -0.230. The van der Waals surface area contributed by atoms with E-state index in [1.54, 1.807) is 0 Å². The van der Waals surface area contributed by atoms with Gasteiger partial charge in [-0.1, -0.05) is 20.8 Å². The number of ether oxygens (including phenoxy) is 4. The summed E-state index contributed by atoms with van der Waals surface area (Å²) in [4.78, 5) is 35.7. The molecule has 0 saturated carbocycles. The molecule has 0 heterocycles. The van der Waals surface area contributed by atoms with E-state index in [-0.39, 0.29) is 37.4 Å². The summed E-state index contributed by atoms with van der Waals surface area (Å²) in [6.45, 7) is 10.6. The maximum absolute atomic E-state index is 12.2. The molecule has 11 heteroatoms. The summed E-state index contributed by atoms with van der Waals surface area (Å²) in [6, 6.07) is 0. The fourth-order valence-corrected chi connectivity index (χ4v) is 2.50. The minimum Gasteiger partial charge on any atom is -0.378 e. The average molecular weight is 492 g/mol. The van der Waals surface area contributed by atoms with Crippen molar-refractivity contribution in [3.8, 4) is 0 Å². The number of carbonyl (C=O) groups excluding carboxylic acids is 3. The number of Topliss-reactive ketones (excluding diaryl/α,β-unsaturated/α-hetero) is 1. The van der Waals surface area contributed by atoms with Crippen LogP contribution in [0.15, 0.2) is 0 Å². The zero-order valence-corrected chi connectivity index (χ0v) is 22.0. The van der Waals surface area contributed by atoms with Gasteiger partial charge in [0.05, 0.1) is 66.8 Å². The summed E-state index contributed by atoms with van der Waals surface area (Å²) in [5.41, 5.74) is -0.404. The van der Waals surface area contributed by atoms with E-state index < -0.39 is 5.41 Å². The first-order chi connectivity index (χ1) is 16.0. The topological polar surface area (TPSA) is 124 Å². The number of amides is 2. The number of rotatable bonds is 21. The molecule has 0 fully saturated rings. The fourth-order valence-electron chi connectivity index (χ4n) is 2.50. The van der Waals surface area contributed by atoms with Crippen molar-refractivity contribution in [3.63, 3.8) is 0 Å². The van der Waals surface area contributed by atoms with Crippen LogP contribution in [0.1, 0.15) is 20.8 Å². The van der Waals surface area contributed by atoms with Crippen molar-refractivity contribution in [2.24, 2.45) is 5.41 Å². The van der Waals surface area contributed by atoms with Crippen LogP contribution in [0.4, 0.5) is 0 Å². The highest BCUT2D eigenvalue weighted by atomic mass is 16.5. The van der Waals surface area contributed by atoms with Gasteiger partial charge in [0.15, 0.2) is 12.3 Å². The quantitative estimate of drug-likeness (QED) is 0.141. The number of hydrogen-bond donors (Lipinski definition) is 3. The van der Waals surface area contributed by atoms with Gasteiger partial charge in [-0.2, -0.15) is 0 Å². The van der Waals surface area contributed by atoms with Gasteiger partial charge in [-0.25, -0.2) is 0 Å². The zero-order chi connectivity index (χ0) is 25.9. The lowest BCUT2D eigenvalue weighted by Gasteiger charge is -2.29. The lowest BCUT2D eigenvalue weighted by atomic mass is 9.91. The van der Waals surface area contributed by atoms with Crippen molar-refractivity contribution < 1.29 is 37.8 Å². The second-order valence-corrected chi connectivity index (χ2v) is 9.62. The zero-order valence-electron chi connectivity index (χ0n) is 22.0. The fraction of sp³-hybridized carbons (Fsp3) is 0.870. The predicted molar refractivity (Wildman–Crippen MR) is 130 cm³/mol. The van der Waals surface area contributed by atoms with Gasteiger partial charge in [0.2, 0.25) is 5.91 Å². The molecule has 0 unspecified atom stereocenters. The Bertz CT molecular complexity index is 580. The number of nitrogens with zero attached hydrogens (tertiary/aromatic N) is 1. The largest absolute Gasteiger partial charge is 0.378 e. The van der Waals surface area contributed by atoms with E-state index in [0.29, 0.717) is 63.8 Å². The van der Waals surface area contributed by atoms with Crippen LogP contribution in [0.5, 0.6) is 0 Å². The first-order valence-corrected chi connectivity index (χ1v) is 11.8. The molecular weight excluding hydrogens is 444 g/mol. The van der Waals surface area contributed by atoms with Gasteiger partial charge in [0.1, 0.15) is 13.2 Å². The maximum atomic E-state index is 12.2. The molecule has 0 aliphatic heterocycles. The van der Waals surface area contributed by atoms with Crippen molar-refractivity contribution >= 4 is 17.6 Å². The molecule has 0 aromatic carbocycles. The Hall–Kier alpha value is -1.63. The molecule has 0 aliphatic carbocycles. The smallest absolute Gasteiger partial charge is 0.275 e. The third-order valence-corrected chi connectivity index (χ3v) is 4.72. The number of hydrogen-bond acceptors (Lipinski definition) is 8. The third-order valence-electron chi connectivity index (χ3n) is 4.72. The number of likely N-dealkylation sites (N-methyl/N-ethyl adjacent to an activating group) is 2. The minimum absolute atomic E-state index is 0.0127. The number of carbonyl (C=O) groups is 3. The SMILES string of the molecule is CNCCOCCOCC(=O)NCC[N+](C)(C)CC(=O)NCCOCCOCC(=O)C(C)(C)C. The van der Waals surface area contributed by atoms with Gasteiger partial charge >= 0.3 is 0 Å². The Morgan fingerprint density at radius 3 is 1.82 bits per heavy atom. The van der Waals surface area contributed by atoms with Gasteiger partial charge < -0.3 is 39.4 Å². The average Bonchev–Trinajstić information content (AvgIpc) is 2.73. The van der Waals surface area contributed by atoms with Crippen LogP contribution < -0.4 is 16.0 Å². The van der Waals surface area contributed by atoms with Crippen molar-refractivity contribution in [2.75, 3.05) is 107 Å². The molecule has 0 spiro atoms. The second kappa shape index (κ2) is 18.7. The summed E-state index contributed by atoms with van der Waals surface area (Å²) >= 11 is 0. The van der Waals surface area contributed by atoms with Crippen LogP contribution in [0.25, 0.3) is 0 Å². The first-order valence-electron chi connectivity index (χ1n) is 11.8. The minimum atomic E-state index is -0.404. The Labute approximate surface area is 204 Å². The molecule has 0 bridgehead atoms. The lowest BCUT2D eigenvalue weighted by Crippen LogP contribution is -2.51. The van der Waals surface area contributed by atoms with Gasteiger partial charge in [-0.15, -0.1) is 0 Å². The second-order valence-electron chi connectivity index (χ2n) is 9.62. The highest BCUT2D eigenvalue weighted by Gasteiger charge is 2.21. The summed E-state index contributed by atoms with van der Waals surface area (Å²) in [6.07, 6.45) is 0. The Morgan fingerprint density at radius 1 is 0.706 bits per heavy atom. The van der Waals surface area contributed by atoms with E-state index in [0.717, 1.165) is 6.54 Å². The molecular formula is C23H47N4O7+. The number of ketones is 1. The van der Waals surface area contributed by atoms with Gasteiger partial charge in [0.25, 0.3) is 5.91 Å². The van der Waals surface area contributed by atoms with E-state index >= 15 is 0 Å². The molecule has 0 atom stereocenters. The molecule has 3 N–H and O–H groups in total. The molecule has 0 aromatic rings. The normalized spacial score (nSPS) is 11.9. The maximum Gasteiger partial charge on any atom is 0.275 e. The van der Waals surface area contributed by atoms with Crippen LogP contribution in [0.2, 0.25) is 0 Å². The monoisotopic (exact) mass is 491 g/mol. The molecule has 200 valence electrons. The van der Waals surface area contributed by atoms with E-state index in [1.165, 1.54) is 0 Å². The summed E-state index contributed by atoms with van der Waals surface area (Å²) < 4.78 is 21.7. The van der Waals surface area contributed by atoms with E-state index in [9.17, 15) is 14.4 Å². The molecule has 0 aromatic heterocycles. The number of quaternary nitrogens is 1. The lowest BCUT2D eigenvalue weighted by molar-refractivity contribution is -0.881. The van der Waals surface area contributed by atoms with Crippen LogP contribution >= 0.6 is 0 Å². The Morgan fingerprint density at radius 2 is 1.24 bits per heavy atom. The van der Waals surface area contributed by atoms with Crippen molar-refractivity contribution in [2.45, 2.75) is 20.8 Å². The Kier molecular flexibility index (Phi) is 17.8. The molecule has 0 saturated heterocycles. The molecule has 0 radical (unpaired) electrons. The van der Waals surface area contributed by atoms with Gasteiger partial charge in [-0.05, 0) is 7.05 Å².